The number of methoxy groups -OCH3 is 2. The molecular weight excluding hydrogens is 250 g/mol. The van der Waals surface area contributed by atoms with Gasteiger partial charge in [0.1, 0.15) is 0 Å². The molecule has 1 rings (SSSR count). The lowest BCUT2D eigenvalue weighted by Crippen LogP contribution is -1.94. The molecule has 0 saturated heterocycles. The van der Waals surface area contributed by atoms with Gasteiger partial charge < -0.3 is 14.7 Å². The molecule has 14 heavy (non-hydrogen) atoms. The number of ether oxygens (including phenoxy) is 2. The van der Waals surface area contributed by atoms with Crippen molar-refractivity contribution < 1.29 is 14.7 Å². The van der Waals surface area contributed by atoms with Crippen LogP contribution in [0.5, 0.6) is 11.5 Å². The predicted octanol–water partition coefficient (Wildman–Crippen LogP) is 2.27. The third-order valence-electron chi connectivity index (χ3n) is 1.71. The van der Waals surface area contributed by atoms with Crippen molar-refractivity contribution in [3.05, 3.63) is 22.2 Å². The molecule has 0 aliphatic heterocycles. The lowest BCUT2D eigenvalue weighted by Gasteiger charge is -2.10. The third kappa shape index (κ3) is 1.98. The fraction of sp³-hybridized carbons (Fsp3) is 0.222. The summed E-state index contributed by atoms with van der Waals surface area (Å²) in [5.41, 5.74) is 0.713. The van der Waals surface area contributed by atoms with E-state index in [1.54, 1.807) is 26.4 Å². The Kier molecular flexibility index (Phi) is 3.76. The maximum atomic E-state index is 8.41. The average Bonchev–Trinajstić information content (AvgIpc) is 2.21. The molecule has 5 heteroatoms. The van der Waals surface area contributed by atoms with E-state index in [0.717, 1.165) is 0 Å². The molecular formula is C9H10BrNO3. The van der Waals surface area contributed by atoms with Crippen molar-refractivity contribution in [2.24, 2.45) is 5.16 Å². The maximum Gasteiger partial charge on any atom is 0.175 e. The second-order valence-corrected chi connectivity index (χ2v) is 3.24. The third-order valence-corrected chi connectivity index (χ3v) is 2.53. The van der Waals surface area contributed by atoms with Crippen LogP contribution in [0.25, 0.3) is 0 Å². The van der Waals surface area contributed by atoms with Crippen molar-refractivity contribution in [1.82, 2.24) is 0 Å². The molecule has 0 aromatic heterocycles. The standard InChI is InChI=1S/C9H10BrNO3/c1-13-7-4-3-6(5-11-12)8(10)9(7)14-2/h3-5,12H,1-2H3/b11-5-. The van der Waals surface area contributed by atoms with Crippen LogP contribution < -0.4 is 9.47 Å². The summed E-state index contributed by atoms with van der Waals surface area (Å²) in [5, 5.41) is 11.4. The molecule has 0 amide bonds. The molecule has 0 atom stereocenters. The number of hydrogen-bond donors (Lipinski definition) is 1. The zero-order valence-electron chi connectivity index (χ0n) is 7.82. The van der Waals surface area contributed by atoms with Gasteiger partial charge in [-0.3, -0.25) is 0 Å². The molecule has 0 saturated carbocycles. The zero-order valence-corrected chi connectivity index (χ0v) is 9.41. The number of oxime groups is 1. The lowest BCUT2D eigenvalue weighted by molar-refractivity contribution is 0.321. The number of hydrogen-bond acceptors (Lipinski definition) is 4. The fourth-order valence-electron chi connectivity index (χ4n) is 1.07. The van der Waals surface area contributed by atoms with Crippen molar-refractivity contribution >= 4 is 22.1 Å². The van der Waals surface area contributed by atoms with Crippen LogP contribution in [-0.2, 0) is 0 Å². The molecule has 0 aliphatic carbocycles. The zero-order chi connectivity index (χ0) is 10.6. The van der Waals surface area contributed by atoms with Crippen molar-refractivity contribution in [3.63, 3.8) is 0 Å². The van der Waals surface area contributed by atoms with E-state index in [1.165, 1.54) is 6.21 Å². The minimum atomic E-state index is 0.574. The summed E-state index contributed by atoms with van der Waals surface area (Å²) in [6.45, 7) is 0. The van der Waals surface area contributed by atoms with Crippen molar-refractivity contribution in [2.75, 3.05) is 14.2 Å². The molecule has 0 heterocycles. The first kappa shape index (κ1) is 10.8. The first-order valence-electron chi connectivity index (χ1n) is 3.82. The first-order chi connectivity index (χ1) is 6.74. The minimum absolute atomic E-state index is 0.574. The molecule has 0 bridgehead atoms. The van der Waals surface area contributed by atoms with Crippen LogP contribution in [0, 0.1) is 0 Å². The Morgan fingerprint density at radius 1 is 1.36 bits per heavy atom. The molecule has 76 valence electrons. The van der Waals surface area contributed by atoms with E-state index < -0.39 is 0 Å². The van der Waals surface area contributed by atoms with Gasteiger partial charge in [-0.1, -0.05) is 5.16 Å². The van der Waals surface area contributed by atoms with E-state index in [9.17, 15) is 0 Å². The normalized spacial score (nSPS) is 10.5. The van der Waals surface area contributed by atoms with E-state index in [2.05, 4.69) is 21.1 Å². The molecule has 4 nitrogen and oxygen atoms in total. The van der Waals surface area contributed by atoms with E-state index >= 15 is 0 Å². The highest BCUT2D eigenvalue weighted by Gasteiger charge is 2.11. The molecule has 0 radical (unpaired) electrons. The molecule has 0 aliphatic rings. The summed E-state index contributed by atoms with van der Waals surface area (Å²) < 4.78 is 10.9. The van der Waals surface area contributed by atoms with Gasteiger partial charge in [0.2, 0.25) is 0 Å². The smallest absolute Gasteiger partial charge is 0.175 e. The van der Waals surface area contributed by atoms with Crippen molar-refractivity contribution in [1.29, 1.82) is 0 Å². The van der Waals surface area contributed by atoms with Crippen molar-refractivity contribution in [2.45, 2.75) is 0 Å². The minimum Gasteiger partial charge on any atom is -0.493 e. The quantitative estimate of drug-likeness (QED) is 0.515. The second-order valence-electron chi connectivity index (χ2n) is 2.45. The molecule has 0 spiro atoms. The number of rotatable bonds is 3. The van der Waals surface area contributed by atoms with Gasteiger partial charge in [0.05, 0.1) is 24.9 Å². The van der Waals surface area contributed by atoms with Gasteiger partial charge in [-0.25, -0.2) is 0 Å². The molecule has 1 aromatic carbocycles. The molecule has 1 N–H and O–H groups in total. The monoisotopic (exact) mass is 259 g/mol. The molecule has 0 fully saturated rings. The maximum absolute atomic E-state index is 8.41. The first-order valence-corrected chi connectivity index (χ1v) is 4.61. The van der Waals surface area contributed by atoms with Gasteiger partial charge in [0.15, 0.2) is 11.5 Å². The van der Waals surface area contributed by atoms with E-state index in [1.807, 2.05) is 0 Å². The Morgan fingerprint density at radius 3 is 2.57 bits per heavy atom. The second kappa shape index (κ2) is 4.85. The van der Waals surface area contributed by atoms with Gasteiger partial charge >= 0.3 is 0 Å². The van der Waals surface area contributed by atoms with Gasteiger partial charge in [-0.2, -0.15) is 0 Å². The van der Waals surface area contributed by atoms with Gasteiger partial charge in [0.25, 0.3) is 0 Å². The van der Waals surface area contributed by atoms with E-state index in [4.69, 9.17) is 14.7 Å². The topological polar surface area (TPSA) is 51.0 Å². The molecule has 0 unspecified atom stereocenters. The summed E-state index contributed by atoms with van der Waals surface area (Å²) in [4.78, 5) is 0. The summed E-state index contributed by atoms with van der Waals surface area (Å²) >= 11 is 3.33. The summed E-state index contributed by atoms with van der Waals surface area (Å²) in [7, 11) is 3.10. The average molecular weight is 260 g/mol. The summed E-state index contributed by atoms with van der Waals surface area (Å²) in [6.07, 6.45) is 1.31. The van der Waals surface area contributed by atoms with Gasteiger partial charge in [-0.15, -0.1) is 0 Å². The van der Waals surface area contributed by atoms with Crippen LogP contribution in [0.3, 0.4) is 0 Å². The van der Waals surface area contributed by atoms with Gasteiger partial charge in [0, 0.05) is 5.56 Å². The van der Waals surface area contributed by atoms with Gasteiger partial charge in [-0.05, 0) is 28.1 Å². The summed E-state index contributed by atoms with van der Waals surface area (Å²) in [5.74, 6) is 1.19. The highest BCUT2D eigenvalue weighted by molar-refractivity contribution is 9.10. The number of benzene rings is 1. The Morgan fingerprint density at radius 2 is 2.07 bits per heavy atom. The Bertz CT molecular complexity index is 352. The van der Waals surface area contributed by atoms with Crippen molar-refractivity contribution in [3.8, 4) is 11.5 Å². The van der Waals surface area contributed by atoms with Crippen LogP contribution >= 0.6 is 15.9 Å². The fourth-order valence-corrected chi connectivity index (χ4v) is 1.66. The van der Waals surface area contributed by atoms with Crippen LogP contribution in [-0.4, -0.2) is 25.6 Å². The number of nitrogens with zero attached hydrogens (tertiary/aromatic N) is 1. The Hall–Kier alpha value is -1.23. The Balaban J connectivity index is 3.27. The number of halogens is 1. The summed E-state index contributed by atoms with van der Waals surface area (Å²) in [6, 6.07) is 3.49. The van der Waals surface area contributed by atoms with Crippen LogP contribution in [0.15, 0.2) is 21.8 Å². The largest absolute Gasteiger partial charge is 0.493 e. The highest BCUT2D eigenvalue weighted by atomic mass is 79.9. The van der Waals surface area contributed by atoms with E-state index in [0.29, 0.717) is 21.5 Å². The Labute approximate surface area is 90.3 Å². The van der Waals surface area contributed by atoms with E-state index in [-0.39, 0.29) is 0 Å². The SMILES string of the molecule is COc1ccc(/C=N\O)c(Br)c1OC. The predicted molar refractivity (Wildman–Crippen MR) is 56.6 cm³/mol. The highest BCUT2D eigenvalue weighted by Crippen LogP contribution is 2.36. The van der Waals surface area contributed by atoms with Crippen LogP contribution in [0.1, 0.15) is 5.56 Å². The lowest BCUT2D eigenvalue weighted by atomic mass is 10.2. The van der Waals surface area contributed by atoms with Crippen LogP contribution in [0.2, 0.25) is 0 Å². The molecule has 1 aromatic rings. The van der Waals surface area contributed by atoms with Crippen LogP contribution in [0.4, 0.5) is 0 Å².